The molecule has 1 saturated heterocycles. The van der Waals surface area contributed by atoms with Gasteiger partial charge in [-0.2, -0.15) is 0 Å². The number of carbonyl (C=O) groups is 2. The third-order valence-electron chi connectivity index (χ3n) is 3.49. The second kappa shape index (κ2) is 5.20. The summed E-state index contributed by atoms with van der Waals surface area (Å²) in [6.07, 6.45) is -0.896. The Balaban J connectivity index is 2.52. The summed E-state index contributed by atoms with van der Waals surface area (Å²) in [5.74, 6) is -1.24. The molecule has 2 atom stereocenters. The molecule has 1 aromatic rings. The third-order valence-corrected chi connectivity index (χ3v) is 3.49. The van der Waals surface area contributed by atoms with E-state index >= 15 is 0 Å². The highest BCUT2D eigenvalue weighted by Gasteiger charge is 2.32. The molecule has 1 aromatic carbocycles. The van der Waals surface area contributed by atoms with Crippen LogP contribution < -0.4 is 10.2 Å². The maximum Gasteiger partial charge on any atom is 0.249 e. The van der Waals surface area contributed by atoms with Gasteiger partial charge in [0.1, 0.15) is 11.9 Å². The van der Waals surface area contributed by atoms with Crippen LogP contribution in [0.25, 0.3) is 0 Å². The number of aliphatic hydroxyl groups is 1. The summed E-state index contributed by atoms with van der Waals surface area (Å²) in [5, 5.41) is 12.0. The number of benzene rings is 1. The highest BCUT2D eigenvalue weighted by molar-refractivity contribution is 6.04. The smallest absolute Gasteiger partial charge is 0.249 e. The molecular weight excluding hydrogens is 263 g/mol. The van der Waals surface area contributed by atoms with Crippen molar-refractivity contribution >= 4 is 17.5 Å². The number of piperazine rings is 1. The number of aryl methyl sites for hydroxylation is 1. The first-order valence-corrected chi connectivity index (χ1v) is 6.39. The zero-order valence-electron chi connectivity index (χ0n) is 11.6. The Hall–Kier alpha value is -1.95. The number of anilines is 1. The molecule has 20 heavy (non-hydrogen) atoms. The van der Waals surface area contributed by atoms with Crippen molar-refractivity contribution in [2.75, 3.05) is 11.4 Å². The fraction of sp³-hybridized carbons (Fsp3) is 0.429. The summed E-state index contributed by atoms with van der Waals surface area (Å²) < 4.78 is 13.7. The van der Waals surface area contributed by atoms with E-state index in [0.717, 1.165) is 0 Å². The van der Waals surface area contributed by atoms with E-state index in [9.17, 15) is 19.1 Å². The van der Waals surface area contributed by atoms with E-state index in [1.165, 1.54) is 13.0 Å². The molecule has 0 aromatic heterocycles. The molecular formula is C14H17FN2O3. The van der Waals surface area contributed by atoms with Crippen molar-refractivity contribution < 1.29 is 19.1 Å². The van der Waals surface area contributed by atoms with E-state index in [4.69, 9.17) is 0 Å². The van der Waals surface area contributed by atoms with Crippen LogP contribution in [-0.4, -0.2) is 29.5 Å². The van der Waals surface area contributed by atoms with Crippen LogP contribution in [0.1, 0.15) is 31.1 Å². The van der Waals surface area contributed by atoms with Crippen LogP contribution in [0.5, 0.6) is 0 Å². The average molecular weight is 280 g/mol. The van der Waals surface area contributed by atoms with Crippen LogP contribution in [0.15, 0.2) is 12.1 Å². The Bertz CT molecular complexity index is 572. The topological polar surface area (TPSA) is 69.6 Å². The van der Waals surface area contributed by atoms with E-state index in [1.54, 1.807) is 24.8 Å². The van der Waals surface area contributed by atoms with Gasteiger partial charge in [0, 0.05) is 11.3 Å². The normalized spacial score (nSPS) is 20.9. The fourth-order valence-corrected chi connectivity index (χ4v) is 2.27. The summed E-state index contributed by atoms with van der Waals surface area (Å²) >= 11 is 0. The van der Waals surface area contributed by atoms with E-state index in [0.29, 0.717) is 16.8 Å². The van der Waals surface area contributed by atoms with Crippen molar-refractivity contribution in [3.8, 4) is 0 Å². The molecule has 6 heteroatoms. The Kier molecular flexibility index (Phi) is 3.76. The molecule has 0 radical (unpaired) electrons. The maximum absolute atomic E-state index is 13.7. The Labute approximate surface area is 116 Å². The lowest BCUT2D eigenvalue weighted by Crippen LogP contribution is -2.57. The van der Waals surface area contributed by atoms with Gasteiger partial charge in [-0.1, -0.05) is 0 Å². The highest BCUT2D eigenvalue weighted by atomic mass is 19.1. The van der Waals surface area contributed by atoms with Crippen LogP contribution in [0.3, 0.4) is 0 Å². The highest BCUT2D eigenvalue weighted by Crippen LogP contribution is 2.31. The first-order chi connectivity index (χ1) is 9.31. The van der Waals surface area contributed by atoms with E-state index in [-0.39, 0.29) is 6.54 Å². The number of hydrogen-bond donors (Lipinski definition) is 2. The Morgan fingerprint density at radius 2 is 2.10 bits per heavy atom. The lowest BCUT2D eigenvalue weighted by Gasteiger charge is -2.35. The molecule has 2 unspecified atom stereocenters. The lowest BCUT2D eigenvalue weighted by molar-refractivity contribution is -0.132. The SMILES string of the molecule is Cc1cc(N2CC(=O)NC(=O)C2C)c(C(C)O)cc1F. The summed E-state index contributed by atoms with van der Waals surface area (Å²) in [4.78, 5) is 24.8. The van der Waals surface area contributed by atoms with E-state index in [1.807, 2.05) is 0 Å². The molecule has 0 aliphatic carbocycles. The molecule has 1 aliphatic heterocycles. The molecule has 5 nitrogen and oxygen atoms in total. The zero-order valence-corrected chi connectivity index (χ0v) is 11.6. The van der Waals surface area contributed by atoms with Crippen LogP contribution in [0, 0.1) is 12.7 Å². The van der Waals surface area contributed by atoms with Crippen molar-refractivity contribution in [2.24, 2.45) is 0 Å². The number of hydrogen-bond acceptors (Lipinski definition) is 4. The quantitative estimate of drug-likeness (QED) is 0.794. The van der Waals surface area contributed by atoms with Gasteiger partial charge in [0.2, 0.25) is 11.8 Å². The Morgan fingerprint density at radius 1 is 1.45 bits per heavy atom. The zero-order chi connectivity index (χ0) is 15.0. The second-order valence-electron chi connectivity index (χ2n) is 5.05. The van der Waals surface area contributed by atoms with Gasteiger partial charge in [0.05, 0.1) is 12.6 Å². The van der Waals surface area contributed by atoms with Gasteiger partial charge in [-0.25, -0.2) is 4.39 Å². The van der Waals surface area contributed by atoms with Crippen LogP contribution in [-0.2, 0) is 9.59 Å². The molecule has 1 heterocycles. The Morgan fingerprint density at radius 3 is 2.70 bits per heavy atom. The number of nitrogens with zero attached hydrogens (tertiary/aromatic N) is 1. The molecule has 2 N–H and O–H groups in total. The summed E-state index contributed by atoms with van der Waals surface area (Å²) in [6.45, 7) is 4.77. The number of nitrogens with one attached hydrogen (secondary N) is 1. The van der Waals surface area contributed by atoms with Gasteiger partial charge in [0.15, 0.2) is 0 Å². The van der Waals surface area contributed by atoms with Crippen molar-refractivity contribution in [1.29, 1.82) is 0 Å². The minimum atomic E-state index is -0.896. The number of rotatable bonds is 2. The lowest BCUT2D eigenvalue weighted by atomic mass is 10.0. The molecule has 2 rings (SSSR count). The number of halogens is 1. The largest absolute Gasteiger partial charge is 0.389 e. The number of imide groups is 1. The second-order valence-corrected chi connectivity index (χ2v) is 5.05. The van der Waals surface area contributed by atoms with Gasteiger partial charge < -0.3 is 10.0 Å². The van der Waals surface area contributed by atoms with Crippen LogP contribution in [0.4, 0.5) is 10.1 Å². The predicted octanol–water partition coefficient (Wildman–Crippen LogP) is 1.04. The van der Waals surface area contributed by atoms with Gasteiger partial charge in [-0.15, -0.1) is 0 Å². The molecule has 0 saturated carbocycles. The molecule has 1 fully saturated rings. The van der Waals surface area contributed by atoms with Gasteiger partial charge in [-0.3, -0.25) is 14.9 Å². The van der Waals surface area contributed by atoms with Crippen molar-refractivity contribution in [3.63, 3.8) is 0 Å². The van der Waals surface area contributed by atoms with Crippen LogP contribution in [0.2, 0.25) is 0 Å². The van der Waals surface area contributed by atoms with Gasteiger partial charge in [0.25, 0.3) is 0 Å². The number of amides is 2. The molecule has 0 spiro atoms. The number of carbonyl (C=O) groups excluding carboxylic acids is 2. The van der Waals surface area contributed by atoms with E-state index in [2.05, 4.69) is 5.32 Å². The van der Waals surface area contributed by atoms with Gasteiger partial charge >= 0.3 is 0 Å². The average Bonchev–Trinajstić information content (AvgIpc) is 2.36. The van der Waals surface area contributed by atoms with Crippen molar-refractivity contribution in [3.05, 3.63) is 29.1 Å². The summed E-state index contributed by atoms with van der Waals surface area (Å²) in [5.41, 5.74) is 1.27. The van der Waals surface area contributed by atoms with Crippen LogP contribution >= 0.6 is 0 Å². The fourth-order valence-electron chi connectivity index (χ4n) is 2.27. The first-order valence-electron chi connectivity index (χ1n) is 6.39. The maximum atomic E-state index is 13.7. The van der Waals surface area contributed by atoms with Gasteiger partial charge in [-0.05, 0) is 38.5 Å². The van der Waals surface area contributed by atoms with Crippen molar-refractivity contribution in [1.82, 2.24) is 5.32 Å². The minimum absolute atomic E-state index is 0.00228. The monoisotopic (exact) mass is 280 g/mol. The van der Waals surface area contributed by atoms with E-state index < -0.39 is 29.8 Å². The van der Waals surface area contributed by atoms with Crippen molar-refractivity contribution in [2.45, 2.75) is 32.9 Å². The molecule has 108 valence electrons. The first kappa shape index (κ1) is 14.5. The molecule has 1 aliphatic rings. The number of aliphatic hydroxyl groups excluding tert-OH is 1. The standard InChI is InChI=1S/C14H17FN2O3/c1-7-4-12(10(9(3)18)5-11(7)15)17-6-13(19)16-14(20)8(17)2/h4-5,8-9,18H,6H2,1-3H3,(H,16,19,20). The summed E-state index contributed by atoms with van der Waals surface area (Å²) in [6, 6.07) is 2.24. The predicted molar refractivity (Wildman–Crippen MR) is 71.7 cm³/mol. The molecule has 0 bridgehead atoms. The molecule has 2 amide bonds. The minimum Gasteiger partial charge on any atom is -0.389 e. The third kappa shape index (κ3) is 2.51. The summed E-state index contributed by atoms with van der Waals surface area (Å²) in [7, 11) is 0.